The van der Waals surface area contributed by atoms with Crippen LogP contribution in [0.25, 0.3) is 11.3 Å². The number of hydrogen-bond donors (Lipinski definition) is 1. The predicted molar refractivity (Wildman–Crippen MR) is 189 cm³/mol. The number of rotatable bonds is 8. The summed E-state index contributed by atoms with van der Waals surface area (Å²) in [5.41, 5.74) is 3.87. The van der Waals surface area contributed by atoms with Crippen LogP contribution in [-0.2, 0) is 21.3 Å². The molecule has 1 aliphatic heterocycles. The number of benzene rings is 2. The minimum Gasteiger partial charge on any atom is -0.475 e. The predicted octanol–water partition coefficient (Wildman–Crippen LogP) is 5.66. The number of carbonyl (C=O) groups is 1. The molecule has 0 saturated heterocycles. The van der Waals surface area contributed by atoms with Gasteiger partial charge in [0, 0.05) is 37.9 Å². The maximum atomic E-state index is 14.5. The number of ether oxygens (including phenoxy) is 2. The van der Waals surface area contributed by atoms with Crippen molar-refractivity contribution < 1.29 is 22.7 Å². The van der Waals surface area contributed by atoms with E-state index in [0.717, 1.165) is 16.7 Å². The Kier molecular flexibility index (Phi) is 10.5. The van der Waals surface area contributed by atoms with Crippen molar-refractivity contribution in [2.24, 2.45) is 5.41 Å². The van der Waals surface area contributed by atoms with Gasteiger partial charge in [0.1, 0.15) is 12.4 Å². The second-order valence-electron chi connectivity index (χ2n) is 13.8. The zero-order chi connectivity index (χ0) is 35.5. The van der Waals surface area contributed by atoms with Crippen LogP contribution in [0.2, 0.25) is 0 Å². The van der Waals surface area contributed by atoms with Crippen molar-refractivity contribution in [3.8, 4) is 17.1 Å². The molecule has 260 valence electrons. The first-order chi connectivity index (χ1) is 23.1. The Hall–Kier alpha value is -4.62. The van der Waals surface area contributed by atoms with Crippen LogP contribution < -0.4 is 14.4 Å². The number of anilines is 2. The number of fused-ring (bicyclic) bond motifs is 4. The zero-order valence-corrected chi connectivity index (χ0v) is 30.2. The fourth-order valence-corrected chi connectivity index (χ4v) is 6.92. The van der Waals surface area contributed by atoms with Crippen molar-refractivity contribution in [2.45, 2.75) is 71.5 Å². The SMILES string of the molecule is CO[C@H](C)CN(C)c1cncc(CN2C(=O)c3cccc(c3)S(=O)(=O)Nc3nc(cc(-c4c(C)cccc4C)n3)OC[C@H]2CC(C)(C)C)n1. The van der Waals surface area contributed by atoms with Crippen LogP contribution in [0.3, 0.4) is 0 Å². The van der Waals surface area contributed by atoms with Crippen molar-refractivity contribution in [3.63, 3.8) is 0 Å². The van der Waals surface area contributed by atoms with Crippen LogP contribution in [0.15, 0.2) is 65.8 Å². The Balaban J connectivity index is 1.63. The number of aromatic nitrogens is 4. The Morgan fingerprint density at radius 2 is 1.78 bits per heavy atom. The number of amides is 1. The Morgan fingerprint density at radius 1 is 1.06 bits per heavy atom. The molecule has 0 radical (unpaired) electrons. The van der Waals surface area contributed by atoms with Gasteiger partial charge < -0.3 is 19.3 Å². The normalized spacial score (nSPS) is 16.8. The Labute approximate surface area is 289 Å². The van der Waals surface area contributed by atoms with E-state index in [0.29, 0.717) is 30.2 Å². The van der Waals surface area contributed by atoms with E-state index >= 15 is 0 Å². The molecule has 0 spiro atoms. The van der Waals surface area contributed by atoms with Gasteiger partial charge in [0.2, 0.25) is 11.8 Å². The highest BCUT2D eigenvalue weighted by atomic mass is 32.2. The van der Waals surface area contributed by atoms with Crippen molar-refractivity contribution in [1.82, 2.24) is 24.8 Å². The third-order valence-electron chi connectivity index (χ3n) is 8.36. The summed E-state index contributed by atoms with van der Waals surface area (Å²) in [6.45, 7) is 13.0. The first-order valence-corrected chi connectivity index (χ1v) is 17.7. The van der Waals surface area contributed by atoms with E-state index in [1.54, 1.807) is 42.6 Å². The first kappa shape index (κ1) is 35.7. The summed E-state index contributed by atoms with van der Waals surface area (Å²) in [5, 5.41) is 0. The largest absolute Gasteiger partial charge is 0.475 e. The lowest BCUT2D eigenvalue weighted by molar-refractivity contribution is 0.0509. The van der Waals surface area contributed by atoms with E-state index in [9.17, 15) is 13.2 Å². The smallest absolute Gasteiger partial charge is 0.264 e. The van der Waals surface area contributed by atoms with Gasteiger partial charge >= 0.3 is 0 Å². The van der Waals surface area contributed by atoms with Crippen LogP contribution in [0, 0.1) is 19.3 Å². The van der Waals surface area contributed by atoms with Gasteiger partial charge in [0.25, 0.3) is 15.9 Å². The molecule has 0 saturated carbocycles. The van der Waals surface area contributed by atoms with Gasteiger partial charge in [-0.15, -0.1) is 0 Å². The summed E-state index contributed by atoms with van der Waals surface area (Å²) in [4.78, 5) is 36.4. The van der Waals surface area contributed by atoms with Crippen molar-refractivity contribution in [1.29, 1.82) is 0 Å². The second kappa shape index (κ2) is 14.5. The molecule has 3 heterocycles. The maximum Gasteiger partial charge on any atom is 0.264 e. The molecule has 0 fully saturated rings. The molecule has 2 aromatic carbocycles. The maximum absolute atomic E-state index is 14.5. The Morgan fingerprint density at radius 3 is 2.47 bits per heavy atom. The lowest BCUT2D eigenvalue weighted by Gasteiger charge is -2.35. The quantitative estimate of drug-likeness (QED) is 0.247. The van der Waals surface area contributed by atoms with Crippen LogP contribution >= 0.6 is 0 Å². The first-order valence-electron chi connectivity index (χ1n) is 16.2. The van der Waals surface area contributed by atoms with E-state index in [-0.39, 0.29) is 52.9 Å². The third kappa shape index (κ3) is 8.70. The van der Waals surface area contributed by atoms with Gasteiger partial charge in [0.05, 0.1) is 47.4 Å². The van der Waals surface area contributed by atoms with Crippen LogP contribution in [-0.4, -0.2) is 78.6 Å². The lowest BCUT2D eigenvalue weighted by Crippen LogP contribution is -2.45. The highest BCUT2D eigenvalue weighted by Gasteiger charge is 2.32. The summed E-state index contributed by atoms with van der Waals surface area (Å²) in [5.74, 6) is 0.319. The molecule has 0 unspecified atom stereocenters. The van der Waals surface area contributed by atoms with Gasteiger partial charge in [-0.05, 0) is 61.9 Å². The van der Waals surface area contributed by atoms with Gasteiger partial charge in [-0.3, -0.25) is 9.78 Å². The third-order valence-corrected chi connectivity index (χ3v) is 9.68. The minimum absolute atomic E-state index is 0.0277. The van der Waals surface area contributed by atoms with Gasteiger partial charge in [-0.2, -0.15) is 4.98 Å². The molecule has 1 amide bonds. The standard InChI is InChI=1S/C36H45N7O5S/c1-23-11-9-12-24(2)33(23)30-16-32-40-35(39-30)41-49(45,46)29-14-10-13-26(15-29)34(44)43(28(22-48-32)17-36(4,5)6)21-27-18-37-19-31(38-27)42(7)20-25(3)47-8/h9-16,18-19,25,28H,17,20-22H2,1-8H3,(H,39,40,41)/t25-,28-/m1/s1. The monoisotopic (exact) mass is 687 g/mol. The average molecular weight is 688 g/mol. The highest BCUT2D eigenvalue weighted by Crippen LogP contribution is 2.32. The molecule has 0 aliphatic carbocycles. The van der Waals surface area contributed by atoms with Crippen molar-refractivity contribution in [3.05, 3.63) is 83.3 Å². The summed E-state index contributed by atoms with van der Waals surface area (Å²) in [7, 11) is -0.619. The average Bonchev–Trinajstić information content (AvgIpc) is 3.04. The molecular weight excluding hydrogens is 643 g/mol. The molecule has 2 aromatic heterocycles. The number of methoxy groups -OCH3 is 1. The van der Waals surface area contributed by atoms with Crippen LogP contribution in [0.5, 0.6) is 5.88 Å². The summed E-state index contributed by atoms with van der Waals surface area (Å²) < 4.78 is 41.7. The summed E-state index contributed by atoms with van der Waals surface area (Å²) in [6, 6.07) is 13.1. The van der Waals surface area contributed by atoms with E-state index in [4.69, 9.17) is 14.5 Å². The molecule has 4 bridgehead atoms. The molecular formula is C36H45N7O5S. The molecule has 49 heavy (non-hydrogen) atoms. The molecule has 12 nitrogen and oxygen atoms in total. The number of sulfonamides is 1. The fourth-order valence-electron chi connectivity index (χ4n) is 5.93. The second-order valence-corrected chi connectivity index (χ2v) is 15.5. The van der Waals surface area contributed by atoms with Gasteiger partial charge in [0.15, 0.2) is 0 Å². The van der Waals surface area contributed by atoms with E-state index in [1.165, 1.54) is 12.1 Å². The molecule has 5 rings (SSSR count). The fraction of sp³-hybridized carbons (Fsp3) is 0.417. The number of nitrogens with zero attached hydrogens (tertiary/aromatic N) is 6. The topological polar surface area (TPSA) is 140 Å². The Bertz CT molecular complexity index is 1910. The number of carbonyl (C=O) groups excluding carboxylic acids is 1. The number of hydrogen-bond acceptors (Lipinski definition) is 10. The number of nitrogens with one attached hydrogen (secondary N) is 1. The van der Waals surface area contributed by atoms with Crippen LogP contribution in [0.4, 0.5) is 11.8 Å². The summed E-state index contributed by atoms with van der Waals surface area (Å²) in [6.07, 6.45) is 3.85. The highest BCUT2D eigenvalue weighted by molar-refractivity contribution is 7.92. The van der Waals surface area contributed by atoms with Crippen molar-refractivity contribution in [2.75, 3.05) is 36.9 Å². The van der Waals surface area contributed by atoms with E-state index in [1.807, 2.05) is 50.9 Å². The molecule has 2 atom stereocenters. The number of aryl methyl sites for hydroxylation is 2. The van der Waals surface area contributed by atoms with Crippen LogP contribution in [0.1, 0.15) is 61.3 Å². The van der Waals surface area contributed by atoms with E-state index in [2.05, 4.69) is 40.4 Å². The van der Waals surface area contributed by atoms with Gasteiger partial charge in [-0.25, -0.2) is 23.1 Å². The zero-order valence-electron chi connectivity index (χ0n) is 29.4. The van der Waals surface area contributed by atoms with Gasteiger partial charge in [-0.1, -0.05) is 45.0 Å². The molecule has 1 aliphatic rings. The summed E-state index contributed by atoms with van der Waals surface area (Å²) >= 11 is 0. The molecule has 1 N–H and O–H groups in total. The lowest BCUT2D eigenvalue weighted by atomic mass is 9.87. The number of likely N-dealkylation sites (N-methyl/N-ethyl adjacent to an activating group) is 1. The minimum atomic E-state index is -4.19. The van der Waals surface area contributed by atoms with E-state index < -0.39 is 16.1 Å². The van der Waals surface area contributed by atoms with Crippen molar-refractivity contribution >= 4 is 27.7 Å². The molecule has 4 aromatic rings. The molecule has 13 heteroatoms.